The summed E-state index contributed by atoms with van der Waals surface area (Å²) in [6.07, 6.45) is 3.02. The van der Waals surface area contributed by atoms with Gasteiger partial charge in [-0.25, -0.2) is 9.78 Å². The topological polar surface area (TPSA) is 106 Å². The number of aromatic carboxylic acids is 1. The molecule has 0 saturated heterocycles. The minimum absolute atomic E-state index is 0.000781. The number of hydrogen-bond acceptors (Lipinski definition) is 6. The maximum absolute atomic E-state index is 14.3. The van der Waals surface area contributed by atoms with E-state index in [4.69, 9.17) is 4.74 Å². The lowest BCUT2D eigenvalue weighted by Crippen LogP contribution is -2.20. The van der Waals surface area contributed by atoms with Crippen LogP contribution in [0.4, 0.5) is 18.9 Å². The Bertz CT molecular complexity index is 1680. The number of nitrogens with one attached hydrogen (secondary N) is 1. The molecule has 1 heterocycles. The van der Waals surface area contributed by atoms with Crippen LogP contribution in [0.5, 0.6) is 5.75 Å². The quantitative estimate of drug-likeness (QED) is 0.257. The van der Waals surface area contributed by atoms with Gasteiger partial charge in [-0.15, -0.1) is 11.3 Å². The van der Waals surface area contributed by atoms with E-state index in [-0.39, 0.29) is 38.9 Å². The number of carboxylic acid groups (broad SMARTS) is 1. The van der Waals surface area contributed by atoms with Gasteiger partial charge < -0.3 is 9.84 Å². The van der Waals surface area contributed by atoms with Crippen LogP contribution >= 0.6 is 11.3 Å². The lowest BCUT2D eigenvalue weighted by Gasteiger charge is -2.34. The van der Waals surface area contributed by atoms with E-state index in [0.717, 1.165) is 55.4 Å². The Morgan fingerprint density at radius 3 is 2.47 bits per heavy atom. The van der Waals surface area contributed by atoms with Crippen LogP contribution in [0.15, 0.2) is 46.8 Å². The maximum Gasteiger partial charge on any atom is 0.417 e. The van der Waals surface area contributed by atoms with E-state index in [0.29, 0.717) is 17.5 Å². The number of carbonyl (C=O) groups is 1. The summed E-state index contributed by atoms with van der Waals surface area (Å²) in [5.74, 6) is -1.16. The van der Waals surface area contributed by atoms with Gasteiger partial charge in [0.25, 0.3) is 10.0 Å². The normalized spacial score (nSPS) is 17.5. The predicted molar refractivity (Wildman–Crippen MR) is 160 cm³/mol. The number of rotatable bonds is 8. The molecule has 2 N–H and O–H groups in total. The van der Waals surface area contributed by atoms with Gasteiger partial charge in [-0.2, -0.15) is 21.6 Å². The van der Waals surface area contributed by atoms with Crippen molar-refractivity contribution in [1.82, 2.24) is 4.98 Å². The average Bonchev–Trinajstić information content (AvgIpc) is 3.65. The number of hydrogen-bond donors (Lipinski definition) is 2. The van der Waals surface area contributed by atoms with Crippen LogP contribution in [0, 0.1) is 5.41 Å². The molecule has 1 fully saturated rings. The Kier molecular flexibility index (Phi) is 8.38. The molecule has 0 amide bonds. The SMILES string of the molecule is COc1cc(C(=O)O)c(C2=CCCC2)cc1NS(=O)(=O)c1csc(-c2ccc(C3CCC(C)(C)CC3)cc2C(F)(F)F)n1. The Morgan fingerprint density at radius 1 is 1.14 bits per heavy atom. The van der Waals surface area contributed by atoms with Crippen LogP contribution in [-0.2, 0) is 16.2 Å². The third-order valence-corrected chi connectivity index (χ3v) is 10.6. The molecular formula is C31H33F3N2O5S2. The highest BCUT2D eigenvalue weighted by molar-refractivity contribution is 7.92. The number of allylic oxidation sites excluding steroid dienone is 2. The zero-order chi connectivity index (χ0) is 31.2. The van der Waals surface area contributed by atoms with E-state index in [1.54, 1.807) is 6.07 Å². The maximum atomic E-state index is 14.3. The van der Waals surface area contributed by atoms with E-state index in [1.165, 1.54) is 36.8 Å². The Hall–Kier alpha value is -3.38. The van der Waals surface area contributed by atoms with Crippen LogP contribution in [0.3, 0.4) is 0 Å². The van der Waals surface area contributed by atoms with Crippen molar-refractivity contribution < 1.29 is 36.2 Å². The lowest BCUT2D eigenvalue weighted by atomic mass is 9.71. The van der Waals surface area contributed by atoms with Gasteiger partial charge in [-0.05, 0) is 91.2 Å². The number of thiazole rings is 1. The van der Waals surface area contributed by atoms with E-state index in [1.807, 2.05) is 6.08 Å². The summed E-state index contributed by atoms with van der Waals surface area (Å²) in [7, 11) is -3.09. The van der Waals surface area contributed by atoms with E-state index >= 15 is 0 Å². The van der Waals surface area contributed by atoms with Crippen molar-refractivity contribution in [2.45, 2.75) is 75.9 Å². The molecule has 2 aliphatic carbocycles. The van der Waals surface area contributed by atoms with E-state index in [2.05, 4.69) is 23.6 Å². The molecule has 1 aromatic heterocycles. The van der Waals surface area contributed by atoms with Crippen molar-refractivity contribution >= 4 is 38.6 Å². The first-order chi connectivity index (χ1) is 20.2. The fraction of sp³-hybridized carbons (Fsp3) is 0.419. The van der Waals surface area contributed by atoms with Gasteiger partial charge in [0.1, 0.15) is 10.8 Å². The molecule has 5 rings (SSSR count). The minimum Gasteiger partial charge on any atom is -0.495 e. The number of nitrogens with zero attached hydrogens (tertiary/aromatic N) is 1. The van der Waals surface area contributed by atoms with Crippen molar-refractivity contribution in [2.75, 3.05) is 11.8 Å². The number of alkyl halides is 3. The molecular weight excluding hydrogens is 601 g/mol. The van der Waals surface area contributed by atoms with Crippen molar-refractivity contribution in [1.29, 1.82) is 0 Å². The number of aromatic nitrogens is 1. The van der Waals surface area contributed by atoms with E-state index < -0.39 is 32.8 Å². The summed E-state index contributed by atoms with van der Waals surface area (Å²) < 4.78 is 77.2. The fourth-order valence-electron chi connectivity index (χ4n) is 5.86. The first-order valence-corrected chi connectivity index (χ1v) is 16.4. The number of benzene rings is 2. The molecule has 230 valence electrons. The second kappa shape index (κ2) is 11.6. The molecule has 2 aliphatic rings. The summed E-state index contributed by atoms with van der Waals surface area (Å²) in [5, 5.41) is 10.4. The summed E-state index contributed by atoms with van der Waals surface area (Å²) >= 11 is 0.803. The number of methoxy groups -OCH3 is 1. The molecule has 0 radical (unpaired) electrons. The largest absolute Gasteiger partial charge is 0.495 e. The highest BCUT2D eigenvalue weighted by atomic mass is 32.2. The van der Waals surface area contributed by atoms with Crippen LogP contribution in [-0.4, -0.2) is 31.6 Å². The van der Waals surface area contributed by atoms with E-state index in [9.17, 15) is 31.5 Å². The van der Waals surface area contributed by atoms with Gasteiger partial charge >= 0.3 is 12.1 Å². The molecule has 1 saturated carbocycles. The molecule has 0 unspecified atom stereocenters. The molecule has 3 aromatic rings. The second-order valence-corrected chi connectivity index (χ2v) is 14.3. The summed E-state index contributed by atoms with van der Waals surface area (Å²) in [6, 6.07) is 6.92. The highest BCUT2D eigenvalue weighted by Crippen LogP contribution is 2.46. The van der Waals surface area contributed by atoms with Crippen LogP contribution in [0.1, 0.15) is 91.8 Å². The Morgan fingerprint density at radius 2 is 1.86 bits per heavy atom. The zero-order valence-corrected chi connectivity index (χ0v) is 25.7. The number of carboxylic acids is 1. The standard InChI is InChI=1S/C31H33F3N2O5S2/c1-30(2)12-10-18(11-13-30)20-8-9-21(24(14-20)31(32,33)34)28-35-27(17-42-28)43(39,40)36-25-15-22(19-6-4-5-7-19)23(29(37)38)16-26(25)41-3/h6,8-9,14-18,36H,4-5,7,10-13H2,1-3H3,(H,37,38). The third kappa shape index (κ3) is 6.59. The van der Waals surface area contributed by atoms with Gasteiger partial charge in [0.05, 0.1) is 23.9 Å². The van der Waals surface area contributed by atoms with Crippen LogP contribution in [0.2, 0.25) is 0 Å². The van der Waals surface area contributed by atoms with Gasteiger partial charge in [0.15, 0.2) is 5.03 Å². The first kappa shape index (κ1) is 31.1. The van der Waals surface area contributed by atoms with Gasteiger partial charge in [0, 0.05) is 10.9 Å². The van der Waals surface area contributed by atoms with Crippen molar-refractivity contribution in [3.05, 3.63) is 64.0 Å². The van der Waals surface area contributed by atoms with Crippen LogP contribution in [0.25, 0.3) is 16.1 Å². The van der Waals surface area contributed by atoms with Gasteiger partial charge in [-0.1, -0.05) is 32.1 Å². The lowest BCUT2D eigenvalue weighted by molar-refractivity contribution is -0.137. The average molecular weight is 635 g/mol. The molecule has 0 aliphatic heterocycles. The molecule has 0 bridgehead atoms. The monoisotopic (exact) mass is 634 g/mol. The number of sulfonamides is 1. The highest BCUT2D eigenvalue weighted by Gasteiger charge is 2.37. The first-order valence-electron chi connectivity index (χ1n) is 14.0. The minimum atomic E-state index is -4.66. The predicted octanol–water partition coefficient (Wildman–Crippen LogP) is 8.59. The Labute approximate surface area is 252 Å². The van der Waals surface area contributed by atoms with Crippen molar-refractivity contribution in [2.24, 2.45) is 5.41 Å². The molecule has 2 aromatic carbocycles. The molecule has 43 heavy (non-hydrogen) atoms. The van der Waals surface area contributed by atoms with Crippen LogP contribution < -0.4 is 9.46 Å². The second-order valence-electron chi connectivity index (χ2n) is 11.9. The fourth-order valence-corrected chi connectivity index (χ4v) is 8.05. The summed E-state index contributed by atoms with van der Waals surface area (Å²) in [4.78, 5) is 16.0. The van der Waals surface area contributed by atoms with Gasteiger partial charge in [0.2, 0.25) is 0 Å². The Balaban J connectivity index is 1.47. The molecule has 0 spiro atoms. The number of anilines is 1. The van der Waals surface area contributed by atoms with Crippen molar-refractivity contribution in [3.63, 3.8) is 0 Å². The van der Waals surface area contributed by atoms with Gasteiger partial charge in [-0.3, -0.25) is 4.72 Å². The summed E-state index contributed by atoms with van der Waals surface area (Å²) in [5.41, 5.74) is 0.916. The third-order valence-electron chi connectivity index (χ3n) is 8.35. The zero-order valence-electron chi connectivity index (χ0n) is 24.0. The van der Waals surface area contributed by atoms with Crippen molar-refractivity contribution in [3.8, 4) is 16.3 Å². The molecule has 7 nitrogen and oxygen atoms in total. The number of halogens is 3. The number of ether oxygens (including phenoxy) is 1. The molecule has 12 heteroatoms. The molecule has 0 atom stereocenters. The smallest absolute Gasteiger partial charge is 0.417 e. The summed E-state index contributed by atoms with van der Waals surface area (Å²) in [6.45, 7) is 4.34.